The maximum absolute atomic E-state index is 10.8. The Morgan fingerprint density at radius 1 is 1.33 bits per heavy atom. The minimum absolute atomic E-state index is 0.0937. The van der Waals surface area contributed by atoms with E-state index in [1.165, 1.54) is 0 Å². The van der Waals surface area contributed by atoms with Crippen molar-refractivity contribution < 1.29 is 9.53 Å². The first-order valence-corrected chi connectivity index (χ1v) is 7.38. The fraction of sp³-hybridized carbons (Fsp3) is 0.438. The van der Waals surface area contributed by atoms with Crippen LogP contribution in [0.25, 0.3) is 10.9 Å². The zero-order chi connectivity index (χ0) is 14.3. The lowest BCUT2D eigenvalue weighted by atomic mass is 9.96. The molecule has 0 aliphatic carbocycles. The van der Waals surface area contributed by atoms with E-state index in [0.717, 1.165) is 62.2 Å². The number of aldehydes is 1. The highest BCUT2D eigenvalue weighted by Crippen LogP contribution is 2.38. The lowest BCUT2D eigenvalue weighted by molar-refractivity contribution is 0.112. The molecular weight excluding hydrogens is 266 g/mol. The fourth-order valence-electron chi connectivity index (χ4n) is 3.50. The fourth-order valence-corrected chi connectivity index (χ4v) is 3.50. The van der Waals surface area contributed by atoms with Gasteiger partial charge in [0.05, 0.1) is 17.7 Å². The SMILES string of the molecule is O=Cc1ccc2nc(N3CCC[C@]34CCOC4)ncc2c1. The van der Waals surface area contributed by atoms with Gasteiger partial charge in [0.2, 0.25) is 5.95 Å². The average molecular weight is 283 g/mol. The second-order valence-corrected chi connectivity index (χ2v) is 5.89. The van der Waals surface area contributed by atoms with Gasteiger partial charge >= 0.3 is 0 Å². The van der Waals surface area contributed by atoms with Crippen molar-refractivity contribution in [2.24, 2.45) is 0 Å². The molecule has 1 aromatic carbocycles. The van der Waals surface area contributed by atoms with Crippen LogP contribution in [0.5, 0.6) is 0 Å². The number of fused-ring (bicyclic) bond motifs is 1. The summed E-state index contributed by atoms with van der Waals surface area (Å²) in [6, 6.07) is 5.51. The highest BCUT2D eigenvalue weighted by molar-refractivity contribution is 5.86. The van der Waals surface area contributed by atoms with Crippen molar-refractivity contribution in [2.45, 2.75) is 24.8 Å². The van der Waals surface area contributed by atoms with E-state index in [1.54, 1.807) is 6.07 Å². The molecule has 0 radical (unpaired) electrons. The number of hydrogen-bond donors (Lipinski definition) is 0. The summed E-state index contributed by atoms with van der Waals surface area (Å²) in [5.74, 6) is 0.782. The molecule has 108 valence electrons. The number of carbonyl (C=O) groups excluding carboxylic acids is 1. The van der Waals surface area contributed by atoms with E-state index in [9.17, 15) is 4.79 Å². The van der Waals surface area contributed by atoms with Crippen LogP contribution in [0.3, 0.4) is 0 Å². The van der Waals surface area contributed by atoms with Crippen molar-refractivity contribution in [3.8, 4) is 0 Å². The number of benzene rings is 1. The van der Waals surface area contributed by atoms with Crippen LogP contribution in [-0.4, -0.2) is 41.6 Å². The Kier molecular flexibility index (Phi) is 2.89. The second kappa shape index (κ2) is 4.77. The molecule has 21 heavy (non-hydrogen) atoms. The Hall–Kier alpha value is -2.01. The number of ether oxygens (including phenoxy) is 1. The van der Waals surface area contributed by atoms with Gasteiger partial charge in [-0.15, -0.1) is 0 Å². The predicted molar refractivity (Wildman–Crippen MR) is 79.7 cm³/mol. The van der Waals surface area contributed by atoms with Crippen LogP contribution >= 0.6 is 0 Å². The van der Waals surface area contributed by atoms with Gasteiger partial charge in [-0.05, 0) is 37.5 Å². The van der Waals surface area contributed by atoms with Gasteiger partial charge < -0.3 is 9.64 Å². The lowest BCUT2D eigenvalue weighted by Crippen LogP contribution is -2.45. The van der Waals surface area contributed by atoms with E-state index in [0.29, 0.717) is 5.56 Å². The summed E-state index contributed by atoms with van der Waals surface area (Å²) in [6.07, 6.45) is 6.02. The summed E-state index contributed by atoms with van der Waals surface area (Å²) in [7, 11) is 0. The van der Waals surface area contributed by atoms with Crippen molar-refractivity contribution >= 4 is 23.1 Å². The summed E-state index contributed by atoms with van der Waals surface area (Å²) in [6.45, 7) is 2.59. The Morgan fingerprint density at radius 3 is 3.10 bits per heavy atom. The molecule has 0 saturated carbocycles. The molecule has 1 atom stereocenters. The molecule has 1 spiro atoms. The minimum atomic E-state index is 0.0937. The zero-order valence-corrected chi connectivity index (χ0v) is 11.8. The van der Waals surface area contributed by atoms with Crippen LogP contribution < -0.4 is 4.90 Å². The van der Waals surface area contributed by atoms with E-state index >= 15 is 0 Å². The number of rotatable bonds is 2. The van der Waals surface area contributed by atoms with Gasteiger partial charge in [0.15, 0.2) is 0 Å². The van der Waals surface area contributed by atoms with E-state index < -0.39 is 0 Å². The van der Waals surface area contributed by atoms with Crippen LogP contribution in [0.1, 0.15) is 29.6 Å². The van der Waals surface area contributed by atoms with Crippen LogP contribution in [0.4, 0.5) is 5.95 Å². The lowest BCUT2D eigenvalue weighted by Gasteiger charge is -2.33. The third-order valence-electron chi connectivity index (χ3n) is 4.65. The van der Waals surface area contributed by atoms with Crippen LogP contribution in [0, 0.1) is 0 Å². The molecule has 1 aromatic heterocycles. The normalized spacial score (nSPS) is 25.0. The van der Waals surface area contributed by atoms with Crippen molar-refractivity contribution in [1.82, 2.24) is 9.97 Å². The molecule has 5 nitrogen and oxygen atoms in total. The van der Waals surface area contributed by atoms with E-state index in [2.05, 4.69) is 9.88 Å². The monoisotopic (exact) mass is 283 g/mol. The molecular formula is C16H17N3O2. The zero-order valence-electron chi connectivity index (χ0n) is 11.8. The number of anilines is 1. The molecule has 3 heterocycles. The number of nitrogens with zero attached hydrogens (tertiary/aromatic N) is 3. The summed E-state index contributed by atoms with van der Waals surface area (Å²) in [5, 5.41) is 0.902. The summed E-state index contributed by atoms with van der Waals surface area (Å²) >= 11 is 0. The molecule has 5 heteroatoms. The molecule has 2 aliphatic rings. The molecule has 0 bridgehead atoms. The summed E-state index contributed by atoms with van der Waals surface area (Å²) in [4.78, 5) is 22.4. The highest BCUT2D eigenvalue weighted by Gasteiger charge is 2.45. The van der Waals surface area contributed by atoms with Gasteiger partial charge in [0.25, 0.3) is 0 Å². The van der Waals surface area contributed by atoms with E-state index in [-0.39, 0.29) is 5.54 Å². The predicted octanol–water partition coefficient (Wildman–Crippen LogP) is 2.20. The quantitative estimate of drug-likeness (QED) is 0.791. The molecule has 2 saturated heterocycles. The Balaban J connectivity index is 1.75. The maximum atomic E-state index is 10.8. The van der Waals surface area contributed by atoms with Gasteiger partial charge in [-0.25, -0.2) is 9.97 Å². The number of aromatic nitrogens is 2. The number of hydrogen-bond acceptors (Lipinski definition) is 5. The third-order valence-corrected chi connectivity index (χ3v) is 4.65. The molecule has 2 aromatic rings. The Morgan fingerprint density at radius 2 is 2.29 bits per heavy atom. The largest absolute Gasteiger partial charge is 0.379 e. The molecule has 0 N–H and O–H groups in total. The van der Waals surface area contributed by atoms with E-state index in [1.807, 2.05) is 18.3 Å². The maximum Gasteiger partial charge on any atom is 0.226 e. The average Bonchev–Trinajstić information content (AvgIpc) is 3.17. The first kappa shape index (κ1) is 12.7. The van der Waals surface area contributed by atoms with Gasteiger partial charge in [0, 0.05) is 30.3 Å². The molecule has 4 rings (SSSR count). The Labute approximate surface area is 122 Å². The third kappa shape index (κ3) is 2.00. The minimum Gasteiger partial charge on any atom is -0.379 e. The van der Waals surface area contributed by atoms with Crippen molar-refractivity contribution in [3.63, 3.8) is 0 Å². The molecule has 0 unspecified atom stereocenters. The van der Waals surface area contributed by atoms with Crippen LogP contribution in [-0.2, 0) is 4.74 Å². The Bertz CT molecular complexity index is 689. The van der Waals surface area contributed by atoms with E-state index in [4.69, 9.17) is 9.72 Å². The van der Waals surface area contributed by atoms with Crippen molar-refractivity contribution in [3.05, 3.63) is 30.0 Å². The molecule has 2 aliphatic heterocycles. The highest BCUT2D eigenvalue weighted by atomic mass is 16.5. The second-order valence-electron chi connectivity index (χ2n) is 5.89. The van der Waals surface area contributed by atoms with Gasteiger partial charge in [-0.1, -0.05) is 0 Å². The van der Waals surface area contributed by atoms with Crippen molar-refractivity contribution in [2.75, 3.05) is 24.7 Å². The standard InChI is InChI=1S/C16H17N3O2/c20-10-12-2-3-14-13(8-12)9-17-15(18-14)19-6-1-4-16(19)5-7-21-11-16/h2-3,8-10H,1,4-7,11H2/t16-/m1/s1. The summed E-state index contributed by atoms with van der Waals surface area (Å²) in [5.41, 5.74) is 1.63. The first-order chi connectivity index (χ1) is 10.3. The first-order valence-electron chi connectivity index (χ1n) is 7.38. The van der Waals surface area contributed by atoms with Crippen molar-refractivity contribution in [1.29, 1.82) is 0 Å². The molecule has 2 fully saturated rings. The van der Waals surface area contributed by atoms with Crippen LogP contribution in [0.2, 0.25) is 0 Å². The van der Waals surface area contributed by atoms with Crippen LogP contribution in [0.15, 0.2) is 24.4 Å². The van der Waals surface area contributed by atoms with Gasteiger partial charge in [0.1, 0.15) is 6.29 Å². The molecule has 0 amide bonds. The number of carbonyl (C=O) groups is 1. The summed E-state index contributed by atoms with van der Waals surface area (Å²) < 4.78 is 5.62. The van der Waals surface area contributed by atoms with Gasteiger partial charge in [-0.3, -0.25) is 4.79 Å². The van der Waals surface area contributed by atoms with Gasteiger partial charge in [-0.2, -0.15) is 0 Å². The topological polar surface area (TPSA) is 55.3 Å². The smallest absolute Gasteiger partial charge is 0.226 e.